The number of pyridine rings is 1. The average Bonchev–Trinajstić information content (AvgIpc) is 3.33. The van der Waals surface area contributed by atoms with E-state index in [0.717, 1.165) is 30.3 Å². The molecule has 3 heterocycles. The minimum absolute atomic E-state index is 0.0204. The first kappa shape index (κ1) is 33.3. The van der Waals surface area contributed by atoms with E-state index in [1.54, 1.807) is 10.8 Å². The number of benzene rings is 2. The topological polar surface area (TPSA) is 86.6 Å². The van der Waals surface area contributed by atoms with Crippen molar-refractivity contribution < 1.29 is 45.3 Å². The highest BCUT2D eigenvalue weighted by Crippen LogP contribution is 2.40. The molecule has 2 amide bonds. The van der Waals surface area contributed by atoms with Gasteiger partial charge in [-0.2, -0.15) is 13.2 Å². The minimum Gasteiger partial charge on any atom is -0.450 e. The lowest BCUT2D eigenvalue weighted by molar-refractivity contribution is -0.137. The van der Waals surface area contributed by atoms with E-state index < -0.39 is 48.9 Å². The van der Waals surface area contributed by atoms with Crippen LogP contribution in [0.25, 0.3) is 22.2 Å². The number of nitrogens with one attached hydrogen (secondary N) is 2. The van der Waals surface area contributed by atoms with E-state index >= 15 is 8.78 Å². The maximum absolute atomic E-state index is 15.2. The van der Waals surface area contributed by atoms with Crippen LogP contribution in [0.15, 0.2) is 54.9 Å². The summed E-state index contributed by atoms with van der Waals surface area (Å²) in [6.07, 6.45) is -1.53. The molecule has 1 saturated heterocycles. The molecule has 1 aliphatic rings. The molecule has 4 aromatic rings. The monoisotopic (exact) mass is 666 g/mol. The van der Waals surface area contributed by atoms with Crippen LogP contribution in [0.3, 0.4) is 0 Å². The molecular weight excluding hydrogens is 634 g/mol. The molecular formula is C31H32F6N4O4Si. The predicted octanol–water partition coefficient (Wildman–Crippen LogP) is 7.96. The number of fused-ring (bicyclic) bond motifs is 1. The zero-order valence-corrected chi connectivity index (χ0v) is 26.2. The Hall–Kier alpha value is -4.08. The second-order valence-corrected chi connectivity index (χ2v) is 17.9. The first-order chi connectivity index (χ1) is 21.6. The van der Waals surface area contributed by atoms with Gasteiger partial charge in [0.2, 0.25) is 0 Å². The van der Waals surface area contributed by atoms with Crippen molar-refractivity contribution in [1.29, 1.82) is 0 Å². The first-order valence-electron chi connectivity index (χ1n) is 14.3. The molecule has 1 aliphatic heterocycles. The number of carbonyl (C=O) groups excluding carboxylic acids is 1. The molecule has 15 heteroatoms. The third-order valence-corrected chi connectivity index (χ3v) is 8.93. The van der Waals surface area contributed by atoms with Crippen molar-refractivity contribution in [3.8, 4) is 22.6 Å². The first-order valence-corrected chi connectivity index (χ1v) is 18.0. The van der Waals surface area contributed by atoms with Crippen molar-refractivity contribution in [2.24, 2.45) is 0 Å². The van der Waals surface area contributed by atoms with Crippen molar-refractivity contribution in [3.63, 3.8) is 0 Å². The predicted molar refractivity (Wildman–Crippen MR) is 162 cm³/mol. The zero-order valence-electron chi connectivity index (χ0n) is 25.2. The molecule has 0 spiro atoms. The van der Waals surface area contributed by atoms with Crippen molar-refractivity contribution >= 4 is 30.8 Å². The van der Waals surface area contributed by atoms with Gasteiger partial charge in [-0.25, -0.2) is 22.9 Å². The quantitative estimate of drug-likeness (QED) is 0.0964. The lowest BCUT2D eigenvalue weighted by atomic mass is 10.0. The van der Waals surface area contributed by atoms with E-state index in [0.29, 0.717) is 23.4 Å². The molecule has 0 radical (unpaired) electrons. The third-order valence-electron chi connectivity index (χ3n) is 7.22. The molecule has 2 aromatic heterocycles. The van der Waals surface area contributed by atoms with Crippen molar-refractivity contribution in [2.45, 2.75) is 44.3 Å². The van der Waals surface area contributed by atoms with E-state index in [1.165, 1.54) is 24.4 Å². The van der Waals surface area contributed by atoms with Gasteiger partial charge in [-0.15, -0.1) is 0 Å². The number of halogens is 6. The van der Waals surface area contributed by atoms with E-state index in [9.17, 15) is 22.4 Å². The number of aromatic nitrogens is 2. The van der Waals surface area contributed by atoms with Crippen LogP contribution < -0.4 is 15.4 Å². The number of amides is 2. The van der Waals surface area contributed by atoms with E-state index in [2.05, 4.69) is 35.3 Å². The maximum Gasteiger partial charge on any atom is 0.416 e. The molecule has 246 valence electrons. The summed E-state index contributed by atoms with van der Waals surface area (Å²) < 4.78 is 102. The number of anilines is 1. The summed E-state index contributed by atoms with van der Waals surface area (Å²) >= 11 is 0. The summed E-state index contributed by atoms with van der Waals surface area (Å²) in [5, 5.41) is 4.83. The van der Waals surface area contributed by atoms with Gasteiger partial charge in [-0.1, -0.05) is 31.8 Å². The summed E-state index contributed by atoms with van der Waals surface area (Å²) in [6, 6.07) is 7.54. The Bertz CT molecular complexity index is 1700. The Balaban J connectivity index is 1.44. The smallest absolute Gasteiger partial charge is 0.416 e. The summed E-state index contributed by atoms with van der Waals surface area (Å²) in [6.45, 7) is 6.50. The molecule has 2 N–H and O–H groups in total. The van der Waals surface area contributed by atoms with Crippen LogP contribution in [0.1, 0.15) is 5.56 Å². The molecule has 46 heavy (non-hydrogen) atoms. The van der Waals surface area contributed by atoms with Gasteiger partial charge in [0.25, 0.3) is 0 Å². The Kier molecular flexibility index (Phi) is 9.38. The number of ether oxygens (including phenoxy) is 3. The summed E-state index contributed by atoms with van der Waals surface area (Å²) in [5.41, 5.74) is -1.68. The highest BCUT2D eigenvalue weighted by Gasteiger charge is 2.39. The molecule has 0 bridgehead atoms. The molecule has 8 nitrogen and oxygen atoms in total. The van der Waals surface area contributed by atoms with Crippen molar-refractivity contribution in [2.75, 3.05) is 31.7 Å². The van der Waals surface area contributed by atoms with Crippen molar-refractivity contribution in [1.82, 2.24) is 14.9 Å². The molecule has 5 rings (SSSR count). The second-order valence-electron chi connectivity index (χ2n) is 12.3. The fraction of sp³-hybridized carbons (Fsp3) is 0.355. The molecule has 2 aromatic carbocycles. The van der Waals surface area contributed by atoms with Crippen LogP contribution in [0.2, 0.25) is 25.7 Å². The Labute approximate surface area is 261 Å². The normalized spacial score (nSPS) is 14.6. The van der Waals surface area contributed by atoms with Crippen LogP contribution in [-0.4, -0.2) is 55.7 Å². The SMILES string of the molecule is C[Si](C)(C)CCOCn1cc(-c2ccc(C(F)(F)F)cc2)c2c(Oc3c(F)cc(NC(=O)NCC4(F)COC4)cc3F)ccnc21. The Morgan fingerprint density at radius 3 is 2.35 bits per heavy atom. The average molecular weight is 667 g/mol. The molecule has 0 aliphatic carbocycles. The van der Waals surface area contributed by atoms with Gasteiger partial charge in [0.05, 0.1) is 30.7 Å². The number of hydrogen-bond donors (Lipinski definition) is 2. The highest BCUT2D eigenvalue weighted by molar-refractivity contribution is 6.76. The van der Waals surface area contributed by atoms with Crippen LogP contribution in [0, 0.1) is 11.6 Å². The largest absolute Gasteiger partial charge is 0.450 e. The van der Waals surface area contributed by atoms with Crippen LogP contribution in [-0.2, 0) is 22.4 Å². The van der Waals surface area contributed by atoms with Crippen LogP contribution in [0.4, 0.5) is 36.8 Å². The van der Waals surface area contributed by atoms with Gasteiger partial charge in [0, 0.05) is 50.5 Å². The van der Waals surface area contributed by atoms with E-state index in [4.69, 9.17) is 14.2 Å². The lowest BCUT2D eigenvalue weighted by Crippen LogP contribution is -2.54. The third kappa shape index (κ3) is 7.82. The van der Waals surface area contributed by atoms with Crippen LogP contribution >= 0.6 is 0 Å². The Morgan fingerprint density at radius 1 is 1.09 bits per heavy atom. The van der Waals surface area contributed by atoms with Gasteiger partial charge >= 0.3 is 12.2 Å². The fourth-order valence-electron chi connectivity index (χ4n) is 4.65. The number of alkyl halides is 4. The Morgan fingerprint density at radius 2 is 1.76 bits per heavy atom. The molecule has 0 unspecified atom stereocenters. The van der Waals surface area contributed by atoms with E-state index in [1.807, 2.05) is 0 Å². The standard InChI is InChI=1S/C31H32F6N4O4Si/c1-46(2,3)11-10-43-18-41-14-22(19-4-6-20(7-5-19)31(35,36)37)26-25(8-9-38-28(26)41)45-27-23(32)12-21(13-24(27)33)40-29(42)39-15-30(34)16-44-17-30/h4-9,12-14H,10-11,15-18H2,1-3H3,(H2,39,40,42). The van der Waals surface area contributed by atoms with Crippen molar-refractivity contribution in [3.05, 3.63) is 72.1 Å². The zero-order chi connectivity index (χ0) is 33.3. The number of hydrogen-bond acceptors (Lipinski definition) is 5. The number of urea groups is 1. The summed E-state index contributed by atoms with van der Waals surface area (Å²) in [5.74, 6) is -3.11. The molecule has 0 saturated carbocycles. The number of rotatable bonds is 11. The second kappa shape index (κ2) is 13.0. The van der Waals surface area contributed by atoms with Gasteiger partial charge in [0.1, 0.15) is 18.1 Å². The molecule has 1 fully saturated rings. The van der Waals surface area contributed by atoms with Gasteiger partial charge < -0.3 is 29.4 Å². The lowest BCUT2D eigenvalue weighted by Gasteiger charge is -2.33. The number of carbonyl (C=O) groups is 1. The van der Waals surface area contributed by atoms with Gasteiger partial charge in [-0.05, 0) is 29.8 Å². The minimum atomic E-state index is -4.54. The van der Waals surface area contributed by atoms with Crippen LogP contribution in [0.5, 0.6) is 11.5 Å². The maximum atomic E-state index is 15.2. The number of nitrogens with zero attached hydrogens (tertiary/aromatic N) is 2. The highest BCUT2D eigenvalue weighted by atomic mass is 28.3. The summed E-state index contributed by atoms with van der Waals surface area (Å²) in [4.78, 5) is 16.6. The molecule has 0 atom stereocenters. The van der Waals surface area contributed by atoms with E-state index in [-0.39, 0.29) is 43.3 Å². The fourth-order valence-corrected chi connectivity index (χ4v) is 5.40. The summed E-state index contributed by atoms with van der Waals surface area (Å²) in [7, 11) is -1.38. The van der Waals surface area contributed by atoms with Gasteiger partial charge in [0.15, 0.2) is 23.1 Å². The van der Waals surface area contributed by atoms with Gasteiger partial charge in [-0.3, -0.25) is 0 Å².